The van der Waals surface area contributed by atoms with Gasteiger partial charge in [-0.2, -0.15) is 0 Å². The van der Waals surface area contributed by atoms with Crippen molar-refractivity contribution in [1.82, 2.24) is 0 Å². The molecule has 0 radical (unpaired) electrons. The van der Waals surface area contributed by atoms with Gasteiger partial charge < -0.3 is 8.83 Å². The van der Waals surface area contributed by atoms with Crippen molar-refractivity contribution in [3.05, 3.63) is 48.2 Å². The van der Waals surface area contributed by atoms with E-state index in [1.54, 1.807) is 23.9 Å². The molecule has 0 spiro atoms. The Balaban J connectivity index is 2.15. The zero-order valence-electron chi connectivity index (χ0n) is 7.84. The summed E-state index contributed by atoms with van der Waals surface area (Å²) >= 11 is 1.66. The van der Waals surface area contributed by atoms with E-state index in [9.17, 15) is 0 Å². The highest BCUT2D eigenvalue weighted by Gasteiger charge is 2.13. The first-order valence-electron chi connectivity index (χ1n) is 4.60. The van der Waals surface area contributed by atoms with Gasteiger partial charge >= 0.3 is 0 Å². The second-order valence-corrected chi connectivity index (χ2v) is 4.07. The molecular weight excluding hydrogens is 208 g/mol. The van der Waals surface area contributed by atoms with Crippen molar-refractivity contribution in [2.24, 2.45) is 0 Å². The van der Waals surface area contributed by atoms with Gasteiger partial charge in [-0.15, -0.1) is 11.3 Å². The molecule has 0 atom stereocenters. The van der Waals surface area contributed by atoms with E-state index in [0.29, 0.717) is 0 Å². The normalized spacial score (nSPS) is 10.7. The Morgan fingerprint density at radius 3 is 2.67 bits per heavy atom. The molecule has 0 saturated carbocycles. The van der Waals surface area contributed by atoms with Gasteiger partial charge in [0.1, 0.15) is 5.76 Å². The van der Waals surface area contributed by atoms with Gasteiger partial charge in [0.05, 0.1) is 23.0 Å². The number of rotatable bonds is 2. The van der Waals surface area contributed by atoms with Crippen LogP contribution in [0.25, 0.3) is 22.0 Å². The lowest BCUT2D eigenvalue weighted by molar-refractivity contribution is 0.571. The monoisotopic (exact) mass is 216 g/mol. The lowest BCUT2D eigenvalue weighted by Crippen LogP contribution is -1.72. The maximum absolute atomic E-state index is 5.48. The Bertz CT molecular complexity index is 483. The zero-order chi connectivity index (χ0) is 10.1. The Morgan fingerprint density at radius 1 is 0.933 bits per heavy atom. The molecule has 0 saturated heterocycles. The van der Waals surface area contributed by atoms with Crippen LogP contribution in [0.4, 0.5) is 0 Å². The van der Waals surface area contributed by atoms with Crippen molar-refractivity contribution in [2.45, 2.75) is 0 Å². The molecule has 3 heterocycles. The number of hydrogen-bond acceptors (Lipinski definition) is 3. The van der Waals surface area contributed by atoms with Crippen molar-refractivity contribution < 1.29 is 8.83 Å². The maximum atomic E-state index is 5.48. The third-order valence-electron chi connectivity index (χ3n) is 2.20. The van der Waals surface area contributed by atoms with Crippen molar-refractivity contribution in [1.29, 1.82) is 0 Å². The predicted octanol–water partition coefficient (Wildman–Crippen LogP) is 4.27. The van der Waals surface area contributed by atoms with E-state index in [0.717, 1.165) is 22.0 Å². The fourth-order valence-electron chi connectivity index (χ4n) is 1.53. The fourth-order valence-corrected chi connectivity index (χ4v) is 2.26. The molecule has 74 valence electrons. The maximum Gasteiger partial charge on any atom is 0.154 e. The Labute approximate surface area is 90.8 Å². The molecule has 3 rings (SSSR count). The third kappa shape index (κ3) is 1.41. The summed E-state index contributed by atoms with van der Waals surface area (Å²) in [4.78, 5) is 1.12. The molecule has 0 aromatic carbocycles. The number of thiophene rings is 1. The zero-order valence-corrected chi connectivity index (χ0v) is 8.66. The first-order chi connectivity index (χ1) is 7.45. The van der Waals surface area contributed by atoms with Crippen LogP contribution in [0.15, 0.2) is 57.1 Å². The highest BCUT2D eigenvalue weighted by molar-refractivity contribution is 7.13. The second-order valence-electron chi connectivity index (χ2n) is 3.12. The van der Waals surface area contributed by atoms with Crippen LogP contribution in [0.5, 0.6) is 0 Å². The van der Waals surface area contributed by atoms with Crippen molar-refractivity contribution >= 4 is 11.3 Å². The molecule has 0 bridgehead atoms. The Morgan fingerprint density at radius 2 is 1.93 bits per heavy atom. The van der Waals surface area contributed by atoms with E-state index < -0.39 is 0 Å². The van der Waals surface area contributed by atoms with E-state index in [1.807, 2.05) is 35.7 Å². The molecule has 0 aliphatic rings. The first-order valence-corrected chi connectivity index (χ1v) is 5.48. The average Bonchev–Trinajstić information content (AvgIpc) is 3.01. The lowest BCUT2D eigenvalue weighted by Gasteiger charge is -1.95. The molecular formula is C12H8O2S. The third-order valence-corrected chi connectivity index (χ3v) is 3.07. The van der Waals surface area contributed by atoms with Gasteiger partial charge in [-0.3, -0.25) is 0 Å². The molecule has 2 nitrogen and oxygen atoms in total. The van der Waals surface area contributed by atoms with Gasteiger partial charge in [0, 0.05) is 0 Å². The SMILES string of the molecule is c1coc(-c2ccoc2-c2cccs2)c1. The van der Waals surface area contributed by atoms with Crippen LogP contribution in [-0.4, -0.2) is 0 Å². The summed E-state index contributed by atoms with van der Waals surface area (Å²) in [6.45, 7) is 0. The summed E-state index contributed by atoms with van der Waals surface area (Å²) in [5.41, 5.74) is 1.00. The van der Waals surface area contributed by atoms with Gasteiger partial charge in [-0.25, -0.2) is 0 Å². The summed E-state index contributed by atoms with van der Waals surface area (Å²) < 4.78 is 10.8. The Hall–Kier alpha value is -1.74. The van der Waals surface area contributed by atoms with E-state index in [1.165, 1.54) is 0 Å². The van der Waals surface area contributed by atoms with Gasteiger partial charge in [0.15, 0.2) is 5.76 Å². The fraction of sp³-hybridized carbons (Fsp3) is 0. The molecule has 0 aliphatic heterocycles. The lowest BCUT2D eigenvalue weighted by atomic mass is 10.2. The number of hydrogen-bond donors (Lipinski definition) is 0. The summed E-state index contributed by atoms with van der Waals surface area (Å²) in [6, 6.07) is 9.78. The van der Waals surface area contributed by atoms with Crippen LogP contribution >= 0.6 is 11.3 Å². The molecule has 0 unspecified atom stereocenters. The van der Waals surface area contributed by atoms with Crippen LogP contribution in [0.1, 0.15) is 0 Å². The van der Waals surface area contributed by atoms with Crippen molar-refractivity contribution in [2.75, 3.05) is 0 Å². The van der Waals surface area contributed by atoms with Gasteiger partial charge in [-0.1, -0.05) is 6.07 Å². The average molecular weight is 216 g/mol. The minimum Gasteiger partial charge on any atom is -0.464 e. The minimum absolute atomic E-state index is 0.840. The Kier molecular flexibility index (Phi) is 1.96. The summed E-state index contributed by atoms with van der Waals surface area (Å²) in [5, 5.41) is 2.03. The summed E-state index contributed by atoms with van der Waals surface area (Å²) in [6.07, 6.45) is 3.35. The molecule has 3 aromatic heterocycles. The molecule has 3 heteroatoms. The van der Waals surface area contributed by atoms with Crippen LogP contribution in [0, 0.1) is 0 Å². The van der Waals surface area contributed by atoms with E-state index >= 15 is 0 Å². The highest BCUT2D eigenvalue weighted by atomic mass is 32.1. The van der Waals surface area contributed by atoms with E-state index in [-0.39, 0.29) is 0 Å². The van der Waals surface area contributed by atoms with Gasteiger partial charge in [-0.05, 0) is 29.6 Å². The van der Waals surface area contributed by atoms with Gasteiger partial charge in [0.25, 0.3) is 0 Å². The molecule has 15 heavy (non-hydrogen) atoms. The van der Waals surface area contributed by atoms with Crippen LogP contribution in [-0.2, 0) is 0 Å². The van der Waals surface area contributed by atoms with Crippen LogP contribution in [0.3, 0.4) is 0 Å². The topological polar surface area (TPSA) is 26.3 Å². The first kappa shape index (κ1) is 8.56. The van der Waals surface area contributed by atoms with Crippen molar-refractivity contribution in [3.8, 4) is 22.0 Å². The molecule has 0 aliphatic carbocycles. The standard InChI is InChI=1S/C12H8O2S/c1-3-10(13-6-1)9-5-7-14-12(9)11-4-2-8-15-11/h1-8H. The summed E-state index contributed by atoms with van der Waals surface area (Å²) in [5.74, 6) is 1.71. The molecule has 3 aromatic rings. The smallest absolute Gasteiger partial charge is 0.154 e. The predicted molar refractivity (Wildman–Crippen MR) is 59.7 cm³/mol. The molecule has 0 fully saturated rings. The minimum atomic E-state index is 0.840. The molecule has 0 amide bonds. The molecule has 0 N–H and O–H groups in total. The van der Waals surface area contributed by atoms with Crippen LogP contribution in [0.2, 0.25) is 0 Å². The second kappa shape index (κ2) is 3.44. The van der Waals surface area contributed by atoms with E-state index in [2.05, 4.69) is 0 Å². The van der Waals surface area contributed by atoms with Crippen molar-refractivity contribution in [3.63, 3.8) is 0 Å². The van der Waals surface area contributed by atoms with Gasteiger partial charge in [0.2, 0.25) is 0 Å². The van der Waals surface area contributed by atoms with Crippen LogP contribution < -0.4 is 0 Å². The highest BCUT2D eigenvalue weighted by Crippen LogP contribution is 2.35. The number of furan rings is 2. The largest absolute Gasteiger partial charge is 0.464 e. The summed E-state index contributed by atoms with van der Waals surface area (Å²) in [7, 11) is 0. The van der Waals surface area contributed by atoms with E-state index in [4.69, 9.17) is 8.83 Å². The quantitative estimate of drug-likeness (QED) is 0.639.